The molecule has 0 bridgehead atoms. The van der Waals surface area contributed by atoms with Gasteiger partial charge in [-0.05, 0) is 36.8 Å². The van der Waals surface area contributed by atoms with E-state index in [9.17, 15) is 9.59 Å². The molecule has 0 spiro atoms. The number of urea groups is 1. The number of ether oxygens (including phenoxy) is 1. The Bertz CT molecular complexity index is 798. The van der Waals surface area contributed by atoms with Crippen LogP contribution in [0, 0.1) is 6.92 Å². The third-order valence-electron chi connectivity index (χ3n) is 4.28. The molecule has 1 N–H and O–H groups in total. The van der Waals surface area contributed by atoms with E-state index in [1.165, 1.54) is 18.2 Å². The third-order valence-corrected chi connectivity index (χ3v) is 4.28. The van der Waals surface area contributed by atoms with Crippen molar-refractivity contribution in [1.82, 2.24) is 4.90 Å². The van der Waals surface area contributed by atoms with Gasteiger partial charge in [0.05, 0.1) is 0 Å². The molecule has 0 atom stereocenters. The minimum atomic E-state index is -0.388. The number of esters is 1. The predicted molar refractivity (Wildman–Crippen MR) is 102 cm³/mol. The lowest BCUT2D eigenvalue weighted by molar-refractivity contribution is -0.131. The second kappa shape index (κ2) is 7.91. The molecule has 0 saturated carbocycles. The van der Waals surface area contributed by atoms with E-state index in [0.29, 0.717) is 24.5 Å². The normalized spacial score (nSPS) is 14.1. The Hall–Kier alpha value is -3.02. The van der Waals surface area contributed by atoms with Crippen LogP contribution in [0.1, 0.15) is 12.5 Å². The quantitative estimate of drug-likeness (QED) is 0.679. The van der Waals surface area contributed by atoms with Gasteiger partial charge in [-0.2, -0.15) is 0 Å². The van der Waals surface area contributed by atoms with Gasteiger partial charge in [-0.3, -0.25) is 4.79 Å². The maximum Gasteiger partial charge on any atom is 0.321 e. The average molecular weight is 353 g/mol. The summed E-state index contributed by atoms with van der Waals surface area (Å²) in [4.78, 5) is 27.6. The molecule has 6 nitrogen and oxygen atoms in total. The van der Waals surface area contributed by atoms with E-state index >= 15 is 0 Å². The molecule has 2 amide bonds. The molecule has 1 heterocycles. The number of hydrogen-bond acceptors (Lipinski definition) is 4. The van der Waals surface area contributed by atoms with E-state index in [2.05, 4.69) is 41.4 Å². The van der Waals surface area contributed by atoms with Crippen molar-refractivity contribution in [3.8, 4) is 5.75 Å². The molecule has 1 aliphatic rings. The minimum absolute atomic E-state index is 0.145. The maximum atomic E-state index is 12.5. The van der Waals surface area contributed by atoms with Gasteiger partial charge in [-0.15, -0.1) is 0 Å². The van der Waals surface area contributed by atoms with Crippen LogP contribution in [-0.4, -0.2) is 43.1 Å². The van der Waals surface area contributed by atoms with E-state index in [1.54, 1.807) is 29.2 Å². The first-order chi connectivity index (χ1) is 12.5. The van der Waals surface area contributed by atoms with Crippen LogP contribution in [0.5, 0.6) is 5.75 Å². The summed E-state index contributed by atoms with van der Waals surface area (Å²) in [5, 5.41) is 2.87. The first-order valence-electron chi connectivity index (χ1n) is 8.67. The number of hydrogen-bond donors (Lipinski definition) is 1. The Morgan fingerprint density at radius 1 is 1.00 bits per heavy atom. The maximum absolute atomic E-state index is 12.5. The Kier molecular flexibility index (Phi) is 5.41. The molecule has 1 aliphatic heterocycles. The number of anilines is 2. The zero-order valence-electron chi connectivity index (χ0n) is 15.1. The van der Waals surface area contributed by atoms with Gasteiger partial charge in [-0.1, -0.05) is 18.2 Å². The molecule has 2 aromatic carbocycles. The van der Waals surface area contributed by atoms with Crippen molar-refractivity contribution in [2.45, 2.75) is 13.8 Å². The number of aryl methyl sites for hydroxylation is 1. The van der Waals surface area contributed by atoms with Crippen LogP contribution in [0.4, 0.5) is 16.2 Å². The first kappa shape index (κ1) is 17.8. The highest BCUT2D eigenvalue weighted by atomic mass is 16.5. The van der Waals surface area contributed by atoms with Gasteiger partial charge in [0, 0.05) is 50.5 Å². The Morgan fingerprint density at radius 2 is 1.73 bits per heavy atom. The van der Waals surface area contributed by atoms with Gasteiger partial charge in [0.15, 0.2) is 0 Å². The van der Waals surface area contributed by atoms with Crippen molar-refractivity contribution >= 4 is 23.4 Å². The fraction of sp³-hybridized carbons (Fsp3) is 0.300. The molecule has 26 heavy (non-hydrogen) atoms. The standard InChI is InChI=1S/C20H23N3O3/c1-15-5-3-7-18(13-15)22-9-11-23(12-10-22)20(25)21-17-6-4-8-19(14-17)26-16(2)24/h3-8,13-14H,9-12H2,1-2H3,(H,21,25). The second-order valence-corrected chi connectivity index (χ2v) is 6.36. The lowest BCUT2D eigenvalue weighted by Gasteiger charge is -2.36. The van der Waals surface area contributed by atoms with Gasteiger partial charge in [0.25, 0.3) is 0 Å². The zero-order chi connectivity index (χ0) is 18.5. The number of nitrogens with one attached hydrogen (secondary N) is 1. The summed E-state index contributed by atoms with van der Waals surface area (Å²) in [6.07, 6.45) is 0. The summed E-state index contributed by atoms with van der Waals surface area (Å²) in [6.45, 7) is 6.33. The summed E-state index contributed by atoms with van der Waals surface area (Å²) in [6, 6.07) is 15.1. The average Bonchev–Trinajstić information content (AvgIpc) is 2.61. The number of carbonyl (C=O) groups is 2. The summed E-state index contributed by atoms with van der Waals surface area (Å²) in [5.74, 6) is 0.0281. The molecule has 0 aliphatic carbocycles. The first-order valence-corrected chi connectivity index (χ1v) is 8.67. The van der Waals surface area contributed by atoms with Crippen LogP contribution in [0.25, 0.3) is 0 Å². The molecule has 0 unspecified atom stereocenters. The van der Waals surface area contributed by atoms with Crippen LogP contribution in [0.2, 0.25) is 0 Å². The summed E-state index contributed by atoms with van der Waals surface area (Å²) >= 11 is 0. The predicted octanol–water partition coefficient (Wildman–Crippen LogP) is 3.27. The number of rotatable bonds is 3. The Balaban J connectivity index is 1.56. The number of piperazine rings is 1. The summed E-state index contributed by atoms with van der Waals surface area (Å²) < 4.78 is 5.04. The molecule has 1 saturated heterocycles. The molecule has 6 heteroatoms. The topological polar surface area (TPSA) is 61.9 Å². The van der Waals surface area contributed by atoms with Crippen LogP contribution < -0.4 is 15.0 Å². The van der Waals surface area contributed by atoms with Gasteiger partial charge in [0.2, 0.25) is 0 Å². The fourth-order valence-corrected chi connectivity index (χ4v) is 3.00. The van der Waals surface area contributed by atoms with E-state index < -0.39 is 0 Å². The molecule has 136 valence electrons. The van der Waals surface area contributed by atoms with Crippen LogP contribution in [0.3, 0.4) is 0 Å². The van der Waals surface area contributed by atoms with E-state index in [-0.39, 0.29) is 12.0 Å². The fourth-order valence-electron chi connectivity index (χ4n) is 3.00. The molecule has 0 aromatic heterocycles. The van der Waals surface area contributed by atoms with Crippen LogP contribution >= 0.6 is 0 Å². The van der Waals surface area contributed by atoms with Crippen LogP contribution in [0.15, 0.2) is 48.5 Å². The number of amides is 2. The van der Waals surface area contributed by atoms with Crippen LogP contribution in [-0.2, 0) is 4.79 Å². The van der Waals surface area contributed by atoms with Crippen molar-refractivity contribution in [1.29, 1.82) is 0 Å². The summed E-state index contributed by atoms with van der Waals surface area (Å²) in [7, 11) is 0. The Morgan fingerprint density at radius 3 is 2.42 bits per heavy atom. The lowest BCUT2D eigenvalue weighted by atomic mass is 10.2. The van der Waals surface area contributed by atoms with Gasteiger partial charge < -0.3 is 19.9 Å². The molecule has 0 radical (unpaired) electrons. The summed E-state index contributed by atoms with van der Waals surface area (Å²) in [5.41, 5.74) is 3.03. The Labute approximate surface area is 153 Å². The number of benzene rings is 2. The zero-order valence-corrected chi connectivity index (χ0v) is 15.1. The number of carbonyl (C=O) groups excluding carboxylic acids is 2. The molecule has 3 rings (SSSR count). The monoisotopic (exact) mass is 353 g/mol. The van der Waals surface area contributed by atoms with E-state index in [1.807, 2.05) is 0 Å². The van der Waals surface area contributed by atoms with Crippen molar-refractivity contribution in [2.24, 2.45) is 0 Å². The van der Waals surface area contributed by atoms with Gasteiger partial charge in [-0.25, -0.2) is 4.79 Å². The third kappa shape index (κ3) is 4.53. The molecule has 1 fully saturated rings. The van der Waals surface area contributed by atoms with Crippen molar-refractivity contribution < 1.29 is 14.3 Å². The molecular weight excluding hydrogens is 330 g/mol. The van der Waals surface area contributed by atoms with E-state index in [0.717, 1.165) is 13.1 Å². The number of nitrogens with zero attached hydrogens (tertiary/aromatic N) is 2. The largest absolute Gasteiger partial charge is 0.427 e. The van der Waals surface area contributed by atoms with Crippen molar-refractivity contribution in [3.05, 3.63) is 54.1 Å². The lowest BCUT2D eigenvalue weighted by Crippen LogP contribution is -2.50. The van der Waals surface area contributed by atoms with Gasteiger partial charge in [0.1, 0.15) is 5.75 Å². The molecule has 2 aromatic rings. The highest BCUT2D eigenvalue weighted by molar-refractivity contribution is 5.89. The highest BCUT2D eigenvalue weighted by Gasteiger charge is 2.21. The minimum Gasteiger partial charge on any atom is -0.427 e. The molecular formula is C20H23N3O3. The smallest absolute Gasteiger partial charge is 0.321 e. The van der Waals surface area contributed by atoms with Gasteiger partial charge >= 0.3 is 12.0 Å². The van der Waals surface area contributed by atoms with E-state index in [4.69, 9.17) is 4.74 Å². The van der Waals surface area contributed by atoms with Crippen molar-refractivity contribution in [2.75, 3.05) is 36.4 Å². The highest BCUT2D eigenvalue weighted by Crippen LogP contribution is 2.20. The second-order valence-electron chi connectivity index (χ2n) is 6.36. The SMILES string of the molecule is CC(=O)Oc1cccc(NC(=O)N2CCN(c3cccc(C)c3)CC2)c1. The van der Waals surface area contributed by atoms with Crippen molar-refractivity contribution in [3.63, 3.8) is 0 Å².